The van der Waals surface area contributed by atoms with Crippen LogP contribution in [0.5, 0.6) is 5.75 Å². The molecule has 4 heteroatoms. The Kier molecular flexibility index (Phi) is 5.41. The summed E-state index contributed by atoms with van der Waals surface area (Å²) in [6.07, 6.45) is 2.40. The average Bonchev–Trinajstić information content (AvgIpc) is 3.00. The van der Waals surface area contributed by atoms with Crippen LogP contribution in [0.2, 0.25) is 0 Å². The van der Waals surface area contributed by atoms with Crippen molar-refractivity contribution in [2.75, 3.05) is 26.3 Å². The van der Waals surface area contributed by atoms with Crippen LogP contribution in [-0.4, -0.2) is 43.2 Å². The highest BCUT2D eigenvalue weighted by Gasteiger charge is 2.16. The summed E-state index contributed by atoms with van der Waals surface area (Å²) in [4.78, 5) is 14.0. The molecule has 1 saturated heterocycles. The van der Waals surface area contributed by atoms with Crippen molar-refractivity contribution >= 4 is 5.91 Å². The third-order valence-corrected chi connectivity index (χ3v) is 3.61. The van der Waals surface area contributed by atoms with Crippen LogP contribution in [0.15, 0.2) is 24.3 Å². The molecule has 0 radical (unpaired) electrons. The lowest BCUT2D eigenvalue weighted by molar-refractivity contribution is 0.0679. The quantitative estimate of drug-likeness (QED) is 0.802. The molecule has 1 aliphatic heterocycles. The van der Waals surface area contributed by atoms with Gasteiger partial charge in [0, 0.05) is 25.3 Å². The Labute approximate surface area is 120 Å². The van der Waals surface area contributed by atoms with E-state index in [2.05, 4.69) is 0 Å². The van der Waals surface area contributed by atoms with Crippen LogP contribution in [0.25, 0.3) is 0 Å². The van der Waals surface area contributed by atoms with Crippen LogP contribution >= 0.6 is 0 Å². The summed E-state index contributed by atoms with van der Waals surface area (Å²) < 4.78 is 11.2. The normalized spacial score (nSPS) is 18.0. The van der Waals surface area contributed by atoms with Gasteiger partial charge >= 0.3 is 0 Å². The van der Waals surface area contributed by atoms with Crippen molar-refractivity contribution in [2.45, 2.75) is 32.8 Å². The zero-order valence-electron chi connectivity index (χ0n) is 12.3. The van der Waals surface area contributed by atoms with Gasteiger partial charge in [0.05, 0.1) is 6.10 Å². The number of hydrogen-bond donors (Lipinski definition) is 0. The number of benzene rings is 1. The predicted molar refractivity (Wildman–Crippen MR) is 78.2 cm³/mol. The van der Waals surface area contributed by atoms with Crippen LogP contribution in [0, 0.1) is 0 Å². The predicted octanol–water partition coefficient (Wildman–Crippen LogP) is 2.73. The molecule has 1 aliphatic rings. The summed E-state index contributed by atoms with van der Waals surface area (Å²) in [5, 5.41) is 0. The van der Waals surface area contributed by atoms with E-state index >= 15 is 0 Å². The van der Waals surface area contributed by atoms with Gasteiger partial charge in [-0.25, -0.2) is 0 Å². The fourth-order valence-electron chi connectivity index (χ4n) is 2.35. The summed E-state index contributed by atoms with van der Waals surface area (Å²) >= 11 is 0. The van der Waals surface area contributed by atoms with Crippen LogP contribution in [-0.2, 0) is 4.74 Å². The van der Waals surface area contributed by atoms with E-state index in [9.17, 15) is 4.79 Å². The van der Waals surface area contributed by atoms with Crippen molar-refractivity contribution in [3.05, 3.63) is 29.8 Å². The van der Waals surface area contributed by atoms with Crippen molar-refractivity contribution in [1.29, 1.82) is 0 Å². The Morgan fingerprint density at radius 3 is 2.55 bits per heavy atom. The standard InChI is InChI=1S/C16H23NO3/c1-3-17(4-2)16(18)13-7-9-14(10-8-13)20-12-15-6-5-11-19-15/h7-10,15H,3-6,11-12H2,1-2H3. The van der Waals surface area contributed by atoms with Crippen molar-refractivity contribution in [2.24, 2.45) is 0 Å². The molecule has 110 valence electrons. The molecule has 0 bridgehead atoms. The van der Waals surface area contributed by atoms with Crippen LogP contribution in [0.3, 0.4) is 0 Å². The summed E-state index contributed by atoms with van der Waals surface area (Å²) in [5.74, 6) is 0.859. The van der Waals surface area contributed by atoms with Gasteiger partial charge in [0.15, 0.2) is 0 Å². The van der Waals surface area contributed by atoms with E-state index in [0.29, 0.717) is 12.2 Å². The van der Waals surface area contributed by atoms with E-state index in [0.717, 1.165) is 38.3 Å². The Morgan fingerprint density at radius 1 is 1.30 bits per heavy atom. The van der Waals surface area contributed by atoms with E-state index in [-0.39, 0.29) is 12.0 Å². The van der Waals surface area contributed by atoms with Crippen LogP contribution in [0.1, 0.15) is 37.0 Å². The van der Waals surface area contributed by atoms with Gasteiger partial charge in [-0.3, -0.25) is 4.79 Å². The molecule has 20 heavy (non-hydrogen) atoms. The monoisotopic (exact) mass is 277 g/mol. The number of rotatable bonds is 6. The second-order valence-corrected chi connectivity index (χ2v) is 4.95. The Bertz CT molecular complexity index is 420. The second kappa shape index (κ2) is 7.29. The zero-order chi connectivity index (χ0) is 14.4. The van der Waals surface area contributed by atoms with E-state index in [4.69, 9.17) is 9.47 Å². The first-order valence-electron chi connectivity index (χ1n) is 7.38. The van der Waals surface area contributed by atoms with E-state index in [1.54, 1.807) is 0 Å². The minimum absolute atomic E-state index is 0.0701. The van der Waals surface area contributed by atoms with Crippen molar-refractivity contribution in [3.8, 4) is 5.75 Å². The zero-order valence-corrected chi connectivity index (χ0v) is 12.3. The lowest BCUT2D eigenvalue weighted by atomic mass is 10.2. The summed E-state index contributed by atoms with van der Waals surface area (Å²) in [5.41, 5.74) is 0.707. The molecule has 1 aromatic carbocycles. The van der Waals surface area contributed by atoms with E-state index in [1.165, 1.54) is 0 Å². The molecule has 0 saturated carbocycles. The molecule has 1 unspecified atom stereocenters. The smallest absolute Gasteiger partial charge is 0.253 e. The number of carbonyl (C=O) groups is 1. The van der Waals surface area contributed by atoms with Crippen molar-refractivity contribution in [1.82, 2.24) is 4.90 Å². The number of hydrogen-bond acceptors (Lipinski definition) is 3. The third-order valence-electron chi connectivity index (χ3n) is 3.61. The molecule has 1 aromatic rings. The maximum absolute atomic E-state index is 12.2. The van der Waals surface area contributed by atoms with Gasteiger partial charge in [-0.2, -0.15) is 0 Å². The van der Waals surface area contributed by atoms with Gasteiger partial charge < -0.3 is 14.4 Å². The first kappa shape index (κ1) is 14.9. The molecule has 1 atom stereocenters. The van der Waals surface area contributed by atoms with Gasteiger partial charge in [0.25, 0.3) is 5.91 Å². The molecule has 2 rings (SSSR count). The Morgan fingerprint density at radius 2 is 2.00 bits per heavy atom. The Hall–Kier alpha value is -1.55. The fourth-order valence-corrected chi connectivity index (χ4v) is 2.35. The topological polar surface area (TPSA) is 38.8 Å². The first-order valence-corrected chi connectivity index (χ1v) is 7.38. The average molecular weight is 277 g/mol. The van der Waals surface area contributed by atoms with E-state index in [1.807, 2.05) is 43.0 Å². The SMILES string of the molecule is CCN(CC)C(=O)c1ccc(OCC2CCCO2)cc1. The molecule has 0 aromatic heterocycles. The minimum Gasteiger partial charge on any atom is -0.491 e. The fraction of sp³-hybridized carbons (Fsp3) is 0.562. The lowest BCUT2D eigenvalue weighted by Crippen LogP contribution is -2.30. The highest BCUT2D eigenvalue weighted by atomic mass is 16.5. The summed E-state index contributed by atoms with van der Waals surface area (Å²) in [7, 11) is 0. The minimum atomic E-state index is 0.0701. The third kappa shape index (κ3) is 3.73. The number of amides is 1. The molecule has 1 heterocycles. The van der Waals surface area contributed by atoms with Gasteiger partial charge in [0.2, 0.25) is 0 Å². The second-order valence-electron chi connectivity index (χ2n) is 4.95. The van der Waals surface area contributed by atoms with Gasteiger partial charge in [-0.15, -0.1) is 0 Å². The molecule has 1 fully saturated rings. The van der Waals surface area contributed by atoms with Gasteiger partial charge in [-0.1, -0.05) is 0 Å². The highest BCUT2D eigenvalue weighted by molar-refractivity contribution is 5.94. The molecule has 4 nitrogen and oxygen atoms in total. The highest BCUT2D eigenvalue weighted by Crippen LogP contribution is 2.17. The largest absolute Gasteiger partial charge is 0.491 e. The van der Waals surface area contributed by atoms with Gasteiger partial charge in [-0.05, 0) is 51.0 Å². The van der Waals surface area contributed by atoms with E-state index < -0.39 is 0 Å². The maximum atomic E-state index is 12.2. The molecule has 0 N–H and O–H groups in total. The van der Waals surface area contributed by atoms with Gasteiger partial charge in [0.1, 0.15) is 12.4 Å². The molecule has 0 aliphatic carbocycles. The lowest BCUT2D eigenvalue weighted by Gasteiger charge is -2.18. The summed E-state index contributed by atoms with van der Waals surface area (Å²) in [6.45, 7) is 6.86. The Balaban J connectivity index is 1.90. The number of nitrogens with zero attached hydrogens (tertiary/aromatic N) is 1. The van der Waals surface area contributed by atoms with Crippen molar-refractivity contribution < 1.29 is 14.3 Å². The molecular formula is C16H23NO3. The summed E-state index contributed by atoms with van der Waals surface area (Å²) in [6, 6.07) is 7.36. The molecule has 0 spiro atoms. The molecular weight excluding hydrogens is 254 g/mol. The molecule has 1 amide bonds. The van der Waals surface area contributed by atoms with Crippen LogP contribution in [0.4, 0.5) is 0 Å². The number of ether oxygens (including phenoxy) is 2. The maximum Gasteiger partial charge on any atom is 0.253 e. The van der Waals surface area contributed by atoms with Crippen LogP contribution < -0.4 is 4.74 Å². The van der Waals surface area contributed by atoms with Crippen molar-refractivity contribution in [3.63, 3.8) is 0 Å². The number of carbonyl (C=O) groups excluding carboxylic acids is 1. The first-order chi connectivity index (χ1) is 9.74.